The van der Waals surface area contributed by atoms with Gasteiger partial charge in [0.15, 0.2) is 0 Å². The first kappa shape index (κ1) is 19.1. The summed E-state index contributed by atoms with van der Waals surface area (Å²) < 4.78 is 0. The molecule has 0 radical (unpaired) electrons. The molecule has 0 N–H and O–H groups in total. The van der Waals surface area contributed by atoms with E-state index in [4.69, 9.17) is 0 Å². The maximum Gasteiger partial charge on any atom is 2.00 e. The normalized spacial score (nSPS) is 10.2. The van der Waals surface area contributed by atoms with E-state index in [0.717, 1.165) is 15.6 Å². The first-order valence-corrected chi connectivity index (χ1v) is 8.59. The van der Waals surface area contributed by atoms with Crippen LogP contribution in [0.5, 0.6) is 0 Å². The third kappa shape index (κ3) is 3.70. The summed E-state index contributed by atoms with van der Waals surface area (Å²) in [6.45, 7) is 0. The van der Waals surface area contributed by atoms with E-state index in [0.29, 0.717) is 0 Å². The molecule has 0 atom stereocenters. The molecule has 0 spiro atoms. The fourth-order valence-electron chi connectivity index (χ4n) is 2.52. The molecule has 0 heterocycles. The van der Waals surface area contributed by atoms with Gasteiger partial charge in [0.05, 0.1) is 8.32 Å². The van der Waals surface area contributed by atoms with Gasteiger partial charge in [0.1, 0.15) is 0 Å². The number of rotatable bonds is 3. The molecule has 22 heavy (non-hydrogen) atoms. The van der Waals surface area contributed by atoms with Crippen molar-refractivity contribution in [2.75, 3.05) is 0 Å². The third-order valence-corrected chi connectivity index (χ3v) is 6.98. The Hall–Kier alpha value is -0.917. The van der Waals surface area contributed by atoms with Crippen LogP contribution < -0.4 is 37.3 Å². The van der Waals surface area contributed by atoms with Gasteiger partial charge < -0.3 is 21.8 Å². The molecule has 0 aromatic heterocycles. The smallest absolute Gasteiger partial charge is 1.00 e. The average Bonchev–Trinajstić information content (AvgIpc) is 2.56. The Balaban J connectivity index is 0.00000121. The Morgan fingerprint density at radius 1 is 0.500 bits per heavy atom. The van der Waals surface area contributed by atoms with Crippen LogP contribution in [0, 0.1) is 0 Å². The van der Waals surface area contributed by atoms with Crippen molar-refractivity contribution in [2.24, 2.45) is 0 Å². The van der Waals surface area contributed by atoms with Gasteiger partial charge in [-0.05, 0) is 0 Å². The summed E-state index contributed by atoms with van der Waals surface area (Å²) in [4.78, 5) is 13.8. The van der Waals surface area contributed by atoms with Gasteiger partial charge in [-0.15, -0.1) is 0 Å². The van der Waals surface area contributed by atoms with Gasteiger partial charge in [-0.25, -0.2) is 0 Å². The molecule has 0 saturated heterocycles. The number of hydrogen-bond acceptors (Lipinski definition) is 1. The van der Waals surface area contributed by atoms with E-state index in [1.165, 1.54) is 0 Å². The number of benzene rings is 3. The standard InChI is InChI=1S/C18H15OSi.BrH.Mg/c19-20(16-10-4-1-5-11-16,17-12-6-2-7-13-17)18-14-8-3-9-15-18;;/h1-15H;1H;/q-1;;+2/p-1. The van der Waals surface area contributed by atoms with E-state index in [2.05, 4.69) is 0 Å². The molecule has 0 aliphatic heterocycles. The molecule has 0 unspecified atom stereocenters. The van der Waals surface area contributed by atoms with Crippen LogP contribution in [0.25, 0.3) is 0 Å². The Labute approximate surface area is 159 Å². The van der Waals surface area contributed by atoms with Crippen LogP contribution in [0.3, 0.4) is 0 Å². The summed E-state index contributed by atoms with van der Waals surface area (Å²) in [5.74, 6) is 0. The van der Waals surface area contributed by atoms with Crippen molar-refractivity contribution in [2.45, 2.75) is 0 Å². The molecule has 3 rings (SSSR count). The minimum Gasteiger partial charge on any atom is -1.00 e. The predicted molar refractivity (Wildman–Crippen MR) is 89.7 cm³/mol. The van der Waals surface area contributed by atoms with E-state index in [-0.39, 0.29) is 40.0 Å². The Morgan fingerprint density at radius 3 is 0.955 bits per heavy atom. The van der Waals surface area contributed by atoms with E-state index in [1.54, 1.807) is 0 Å². The van der Waals surface area contributed by atoms with Gasteiger partial charge in [0.25, 0.3) is 0 Å². The van der Waals surface area contributed by atoms with Gasteiger partial charge in [0.2, 0.25) is 0 Å². The van der Waals surface area contributed by atoms with Crippen LogP contribution >= 0.6 is 0 Å². The Morgan fingerprint density at radius 2 is 0.727 bits per heavy atom. The van der Waals surface area contributed by atoms with Crippen molar-refractivity contribution >= 4 is 46.9 Å². The number of hydrogen-bond donors (Lipinski definition) is 0. The van der Waals surface area contributed by atoms with Gasteiger partial charge >= 0.3 is 23.1 Å². The zero-order valence-electron chi connectivity index (χ0n) is 12.2. The maximum atomic E-state index is 13.8. The quantitative estimate of drug-likeness (QED) is 0.369. The molecule has 0 aliphatic carbocycles. The Bertz CT molecular complexity index is 581. The fourth-order valence-corrected chi connectivity index (χ4v) is 5.50. The Kier molecular flexibility index (Phi) is 7.52. The second kappa shape index (κ2) is 8.65. The number of halogens is 1. The summed E-state index contributed by atoms with van der Waals surface area (Å²) in [5, 5.41) is 2.70. The molecule has 0 bridgehead atoms. The molecule has 0 saturated carbocycles. The van der Waals surface area contributed by atoms with Crippen LogP contribution in [0.1, 0.15) is 0 Å². The van der Waals surface area contributed by atoms with Crippen LogP contribution in [0.2, 0.25) is 0 Å². The second-order valence-electron chi connectivity index (χ2n) is 4.78. The first-order valence-electron chi connectivity index (χ1n) is 6.69. The van der Waals surface area contributed by atoms with Crippen LogP contribution in [-0.4, -0.2) is 31.4 Å². The van der Waals surface area contributed by atoms with Crippen molar-refractivity contribution in [1.82, 2.24) is 0 Å². The van der Waals surface area contributed by atoms with Gasteiger partial charge in [-0.3, -0.25) is 0 Å². The van der Waals surface area contributed by atoms with Gasteiger partial charge in [-0.2, -0.15) is 0 Å². The van der Waals surface area contributed by atoms with E-state index in [1.807, 2.05) is 91.0 Å². The monoisotopic (exact) mass is 378 g/mol. The zero-order chi connectivity index (χ0) is 13.8. The van der Waals surface area contributed by atoms with Crippen LogP contribution in [0.15, 0.2) is 91.0 Å². The van der Waals surface area contributed by atoms with E-state index < -0.39 is 8.32 Å². The summed E-state index contributed by atoms with van der Waals surface area (Å²) in [6.07, 6.45) is 0. The minimum absolute atomic E-state index is 0. The predicted octanol–water partition coefficient (Wildman–Crippen LogP) is -2.36. The zero-order valence-corrected chi connectivity index (χ0v) is 16.2. The van der Waals surface area contributed by atoms with Crippen molar-refractivity contribution < 1.29 is 21.8 Å². The molecule has 0 amide bonds. The van der Waals surface area contributed by atoms with E-state index in [9.17, 15) is 4.80 Å². The average molecular weight is 380 g/mol. The first-order chi connectivity index (χ1) is 9.82. The maximum absolute atomic E-state index is 13.8. The topological polar surface area (TPSA) is 23.1 Å². The van der Waals surface area contributed by atoms with E-state index >= 15 is 0 Å². The summed E-state index contributed by atoms with van der Waals surface area (Å²) in [6, 6.07) is 29.3. The molecule has 0 aliphatic rings. The van der Waals surface area contributed by atoms with Crippen molar-refractivity contribution in [3.05, 3.63) is 91.0 Å². The molecule has 3 aromatic rings. The molecule has 0 fully saturated rings. The molecule has 4 heteroatoms. The molecule has 1 nitrogen and oxygen atoms in total. The SMILES string of the molecule is [Br-].[Mg+2].[O-][Si](c1ccccc1)(c1ccccc1)c1ccccc1. The fraction of sp³-hybridized carbons (Fsp3) is 0. The molecular weight excluding hydrogens is 364 g/mol. The third-order valence-electron chi connectivity index (χ3n) is 3.54. The molecule has 3 aromatic carbocycles. The summed E-state index contributed by atoms with van der Waals surface area (Å²) in [5.41, 5.74) is 0. The minimum atomic E-state index is -3.13. The van der Waals surface area contributed by atoms with Crippen molar-refractivity contribution in [3.63, 3.8) is 0 Å². The summed E-state index contributed by atoms with van der Waals surface area (Å²) >= 11 is 0. The largest absolute Gasteiger partial charge is 2.00 e. The summed E-state index contributed by atoms with van der Waals surface area (Å²) in [7, 11) is -3.13. The molecular formula is C18H15BrMgOSi. The second-order valence-corrected chi connectivity index (χ2v) is 7.87. The van der Waals surface area contributed by atoms with Crippen molar-refractivity contribution in [1.29, 1.82) is 0 Å². The van der Waals surface area contributed by atoms with Crippen LogP contribution in [0.4, 0.5) is 0 Å². The van der Waals surface area contributed by atoms with Crippen LogP contribution in [-0.2, 0) is 0 Å². The van der Waals surface area contributed by atoms with Crippen molar-refractivity contribution in [3.8, 4) is 0 Å². The van der Waals surface area contributed by atoms with Gasteiger partial charge in [0, 0.05) is 0 Å². The molecule has 106 valence electrons. The van der Waals surface area contributed by atoms with Gasteiger partial charge in [-0.1, -0.05) is 107 Å².